The number of amides is 1. The van der Waals surface area contributed by atoms with Crippen LogP contribution >= 0.6 is 11.3 Å². The summed E-state index contributed by atoms with van der Waals surface area (Å²) in [5, 5.41) is 13.2. The third-order valence-corrected chi connectivity index (χ3v) is 3.91. The Labute approximate surface area is 86.8 Å². The lowest BCUT2D eigenvalue weighted by Crippen LogP contribution is -2.25. The van der Waals surface area contributed by atoms with E-state index in [0.29, 0.717) is 12.5 Å². The monoisotopic (exact) mass is 211 g/mol. The van der Waals surface area contributed by atoms with Crippen molar-refractivity contribution in [3.8, 4) is 0 Å². The van der Waals surface area contributed by atoms with E-state index in [9.17, 15) is 4.79 Å². The van der Waals surface area contributed by atoms with Crippen molar-refractivity contribution in [1.29, 1.82) is 0 Å². The van der Waals surface area contributed by atoms with Crippen molar-refractivity contribution in [2.75, 3.05) is 6.54 Å². The number of hydrogen-bond acceptors (Lipinski definition) is 2. The largest absolute Gasteiger partial charge is 0.465 e. The zero-order valence-corrected chi connectivity index (χ0v) is 8.86. The van der Waals surface area contributed by atoms with E-state index < -0.39 is 6.09 Å². The quantitative estimate of drug-likeness (QED) is 0.789. The SMILES string of the molecule is Cc1csc2c1C(CNC(=O)O)CC2. The van der Waals surface area contributed by atoms with Gasteiger partial charge < -0.3 is 10.4 Å². The zero-order chi connectivity index (χ0) is 10.1. The second-order valence-electron chi connectivity index (χ2n) is 3.68. The van der Waals surface area contributed by atoms with Gasteiger partial charge in [0, 0.05) is 17.3 Å². The molecule has 1 aliphatic carbocycles. The molecule has 3 nitrogen and oxygen atoms in total. The van der Waals surface area contributed by atoms with Crippen molar-refractivity contribution in [2.24, 2.45) is 0 Å². The Hall–Kier alpha value is -1.03. The molecule has 0 bridgehead atoms. The summed E-state index contributed by atoms with van der Waals surface area (Å²) in [5.41, 5.74) is 2.71. The molecule has 76 valence electrons. The standard InChI is InChI=1S/C10H13NO2S/c1-6-5-14-8-3-2-7(9(6)8)4-11-10(12)13/h5,7,11H,2-4H2,1H3,(H,12,13). The molecule has 1 heterocycles. The maximum atomic E-state index is 10.4. The van der Waals surface area contributed by atoms with E-state index in [1.807, 2.05) is 0 Å². The fourth-order valence-electron chi connectivity index (χ4n) is 2.11. The van der Waals surface area contributed by atoms with E-state index >= 15 is 0 Å². The van der Waals surface area contributed by atoms with Crippen LogP contribution in [0, 0.1) is 6.92 Å². The van der Waals surface area contributed by atoms with Crippen LogP contribution in [-0.4, -0.2) is 17.7 Å². The number of thiophene rings is 1. The minimum absolute atomic E-state index is 0.396. The maximum absolute atomic E-state index is 10.4. The van der Waals surface area contributed by atoms with Gasteiger partial charge in [0.25, 0.3) is 0 Å². The molecule has 1 aliphatic rings. The zero-order valence-electron chi connectivity index (χ0n) is 8.04. The number of hydrogen-bond donors (Lipinski definition) is 2. The van der Waals surface area contributed by atoms with E-state index in [4.69, 9.17) is 5.11 Å². The summed E-state index contributed by atoms with van der Waals surface area (Å²) in [5.74, 6) is 0.396. The summed E-state index contributed by atoms with van der Waals surface area (Å²) in [6.07, 6.45) is 1.27. The van der Waals surface area contributed by atoms with Gasteiger partial charge >= 0.3 is 6.09 Å². The van der Waals surface area contributed by atoms with Gasteiger partial charge in [-0.2, -0.15) is 0 Å². The molecular formula is C10H13NO2S. The first kappa shape index (κ1) is 9.52. The van der Waals surface area contributed by atoms with Gasteiger partial charge in [-0.05, 0) is 36.3 Å². The van der Waals surface area contributed by atoms with Gasteiger partial charge in [0.1, 0.15) is 0 Å². The molecule has 4 heteroatoms. The molecule has 0 radical (unpaired) electrons. The van der Waals surface area contributed by atoms with Gasteiger partial charge in [0.2, 0.25) is 0 Å². The number of nitrogens with one attached hydrogen (secondary N) is 1. The fraction of sp³-hybridized carbons (Fsp3) is 0.500. The van der Waals surface area contributed by atoms with Crippen molar-refractivity contribution >= 4 is 17.4 Å². The highest BCUT2D eigenvalue weighted by atomic mass is 32.1. The number of carboxylic acid groups (broad SMARTS) is 1. The molecule has 0 fully saturated rings. The Balaban J connectivity index is 2.09. The third-order valence-electron chi connectivity index (χ3n) is 2.73. The van der Waals surface area contributed by atoms with Crippen molar-refractivity contribution in [3.63, 3.8) is 0 Å². The summed E-state index contributed by atoms with van der Waals surface area (Å²) in [6.45, 7) is 2.66. The number of fused-ring (bicyclic) bond motifs is 1. The first-order valence-electron chi connectivity index (χ1n) is 4.72. The van der Waals surface area contributed by atoms with E-state index in [1.54, 1.807) is 11.3 Å². The molecule has 1 aromatic heterocycles. The van der Waals surface area contributed by atoms with Crippen molar-refractivity contribution < 1.29 is 9.90 Å². The number of aryl methyl sites for hydroxylation is 2. The smallest absolute Gasteiger partial charge is 0.404 e. The van der Waals surface area contributed by atoms with Crippen molar-refractivity contribution in [2.45, 2.75) is 25.7 Å². The normalized spacial score (nSPS) is 19.4. The molecule has 2 N–H and O–H groups in total. The summed E-state index contributed by atoms with van der Waals surface area (Å²) in [4.78, 5) is 11.8. The molecule has 0 saturated heterocycles. The van der Waals surface area contributed by atoms with Gasteiger partial charge in [-0.25, -0.2) is 4.79 Å². The van der Waals surface area contributed by atoms with Gasteiger partial charge in [0.05, 0.1) is 0 Å². The Morgan fingerprint density at radius 3 is 3.29 bits per heavy atom. The molecule has 1 unspecified atom stereocenters. The van der Waals surface area contributed by atoms with E-state index in [-0.39, 0.29) is 0 Å². The van der Waals surface area contributed by atoms with Crippen LogP contribution in [0.3, 0.4) is 0 Å². The van der Waals surface area contributed by atoms with Crippen LogP contribution in [0.15, 0.2) is 5.38 Å². The molecule has 1 aromatic rings. The third kappa shape index (κ3) is 1.62. The van der Waals surface area contributed by atoms with Gasteiger partial charge in [-0.3, -0.25) is 0 Å². The molecule has 0 saturated carbocycles. The van der Waals surface area contributed by atoms with E-state index in [1.165, 1.54) is 16.0 Å². The minimum Gasteiger partial charge on any atom is -0.465 e. The predicted molar refractivity (Wildman–Crippen MR) is 56.1 cm³/mol. The highest BCUT2D eigenvalue weighted by Gasteiger charge is 2.25. The molecule has 0 spiro atoms. The summed E-state index contributed by atoms with van der Waals surface area (Å²) >= 11 is 1.80. The van der Waals surface area contributed by atoms with Crippen LogP contribution in [0.4, 0.5) is 4.79 Å². The molecule has 14 heavy (non-hydrogen) atoms. The average Bonchev–Trinajstić information content (AvgIpc) is 2.66. The first-order valence-corrected chi connectivity index (χ1v) is 5.60. The lowest BCUT2D eigenvalue weighted by molar-refractivity contribution is 0.193. The summed E-state index contributed by atoms with van der Waals surface area (Å²) in [6, 6.07) is 0. The van der Waals surface area contributed by atoms with Crippen molar-refractivity contribution in [3.05, 3.63) is 21.4 Å². The second kappa shape index (κ2) is 3.61. The topological polar surface area (TPSA) is 49.3 Å². The van der Waals surface area contributed by atoms with Crippen LogP contribution in [0.25, 0.3) is 0 Å². The molecule has 0 aliphatic heterocycles. The second-order valence-corrected chi connectivity index (χ2v) is 4.64. The highest BCUT2D eigenvalue weighted by molar-refractivity contribution is 7.10. The van der Waals surface area contributed by atoms with E-state index in [0.717, 1.165) is 12.8 Å². The van der Waals surface area contributed by atoms with E-state index in [2.05, 4.69) is 17.6 Å². The lowest BCUT2D eigenvalue weighted by Gasteiger charge is -2.10. The molecular weight excluding hydrogens is 198 g/mol. The Morgan fingerprint density at radius 1 is 1.79 bits per heavy atom. The average molecular weight is 211 g/mol. The van der Waals surface area contributed by atoms with Gasteiger partial charge in [0.15, 0.2) is 0 Å². The van der Waals surface area contributed by atoms with Crippen LogP contribution in [0.1, 0.15) is 28.3 Å². The minimum atomic E-state index is -0.925. The first-order chi connectivity index (χ1) is 6.68. The van der Waals surface area contributed by atoms with Crippen molar-refractivity contribution in [1.82, 2.24) is 5.32 Å². The number of carbonyl (C=O) groups is 1. The Morgan fingerprint density at radius 2 is 2.57 bits per heavy atom. The van der Waals surface area contributed by atoms with Crippen LogP contribution in [-0.2, 0) is 6.42 Å². The van der Waals surface area contributed by atoms with Crippen LogP contribution < -0.4 is 5.32 Å². The maximum Gasteiger partial charge on any atom is 0.404 e. The van der Waals surface area contributed by atoms with Gasteiger partial charge in [-0.1, -0.05) is 0 Å². The highest BCUT2D eigenvalue weighted by Crippen LogP contribution is 2.38. The molecule has 1 atom stereocenters. The lowest BCUT2D eigenvalue weighted by atomic mass is 10.0. The fourth-order valence-corrected chi connectivity index (χ4v) is 3.25. The number of rotatable bonds is 2. The summed E-state index contributed by atoms with van der Waals surface area (Å²) in [7, 11) is 0. The molecule has 2 rings (SSSR count). The van der Waals surface area contributed by atoms with Crippen LogP contribution in [0.5, 0.6) is 0 Å². The molecule has 1 amide bonds. The summed E-state index contributed by atoms with van der Waals surface area (Å²) < 4.78 is 0. The Bertz CT molecular complexity index is 359. The molecule has 0 aromatic carbocycles. The van der Waals surface area contributed by atoms with Crippen LogP contribution in [0.2, 0.25) is 0 Å². The van der Waals surface area contributed by atoms with Gasteiger partial charge in [-0.15, -0.1) is 11.3 Å². The Kier molecular flexibility index (Phi) is 2.46. The predicted octanol–water partition coefficient (Wildman–Crippen LogP) is 2.35.